The van der Waals surface area contributed by atoms with E-state index in [9.17, 15) is 14.3 Å². The molecule has 1 N–H and O–H groups in total. The first-order chi connectivity index (χ1) is 11.5. The van der Waals surface area contributed by atoms with E-state index in [0.29, 0.717) is 22.8 Å². The summed E-state index contributed by atoms with van der Waals surface area (Å²) < 4.78 is 29.2. The average Bonchev–Trinajstić information content (AvgIpc) is 2.59. The molecule has 2 aromatic carbocycles. The Hall–Kier alpha value is -2.76. The molecule has 2 aromatic rings. The maximum atomic E-state index is 13.6. The van der Waals surface area contributed by atoms with E-state index in [2.05, 4.69) is 0 Å². The molecule has 0 aliphatic rings. The number of carboxylic acid groups (broad SMARTS) is 1. The van der Waals surface area contributed by atoms with Crippen molar-refractivity contribution in [3.05, 3.63) is 53.3 Å². The van der Waals surface area contributed by atoms with Crippen molar-refractivity contribution < 1.29 is 28.5 Å². The SMILES string of the molecule is COc1ccc(CC(C(=O)O)c2cc(F)ccc2OC)cc1OC. The maximum Gasteiger partial charge on any atom is 0.311 e. The van der Waals surface area contributed by atoms with E-state index in [1.807, 2.05) is 0 Å². The number of benzene rings is 2. The minimum absolute atomic E-state index is 0.162. The van der Waals surface area contributed by atoms with Gasteiger partial charge in [0.15, 0.2) is 11.5 Å². The Labute approximate surface area is 139 Å². The summed E-state index contributed by atoms with van der Waals surface area (Å²) in [6.45, 7) is 0. The lowest BCUT2D eigenvalue weighted by molar-refractivity contribution is -0.138. The van der Waals surface area contributed by atoms with Gasteiger partial charge >= 0.3 is 5.97 Å². The molecule has 0 spiro atoms. The van der Waals surface area contributed by atoms with Crippen LogP contribution in [0, 0.1) is 5.82 Å². The van der Waals surface area contributed by atoms with Gasteiger partial charge in [-0.15, -0.1) is 0 Å². The lowest BCUT2D eigenvalue weighted by Crippen LogP contribution is -2.16. The van der Waals surface area contributed by atoms with Crippen molar-refractivity contribution in [3.63, 3.8) is 0 Å². The lowest BCUT2D eigenvalue weighted by atomic mass is 9.91. The average molecular weight is 334 g/mol. The number of hydrogen-bond acceptors (Lipinski definition) is 4. The molecule has 0 fully saturated rings. The van der Waals surface area contributed by atoms with Gasteiger partial charge in [-0.2, -0.15) is 0 Å². The van der Waals surface area contributed by atoms with E-state index in [4.69, 9.17) is 14.2 Å². The second-order valence-corrected chi connectivity index (χ2v) is 5.17. The molecule has 128 valence electrons. The van der Waals surface area contributed by atoms with Gasteiger partial charge in [0, 0.05) is 5.56 Å². The van der Waals surface area contributed by atoms with Crippen LogP contribution in [0.4, 0.5) is 4.39 Å². The van der Waals surface area contributed by atoms with Crippen molar-refractivity contribution in [2.45, 2.75) is 12.3 Å². The number of hydrogen-bond donors (Lipinski definition) is 1. The van der Waals surface area contributed by atoms with Crippen LogP contribution in [0.15, 0.2) is 36.4 Å². The van der Waals surface area contributed by atoms with E-state index in [-0.39, 0.29) is 6.42 Å². The first-order valence-electron chi connectivity index (χ1n) is 7.27. The van der Waals surface area contributed by atoms with Crippen molar-refractivity contribution in [3.8, 4) is 17.2 Å². The number of carboxylic acids is 1. The van der Waals surface area contributed by atoms with Gasteiger partial charge in [0.2, 0.25) is 0 Å². The van der Waals surface area contributed by atoms with E-state index >= 15 is 0 Å². The Morgan fingerprint density at radius 3 is 2.21 bits per heavy atom. The molecule has 0 saturated carbocycles. The molecule has 0 bridgehead atoms. The van der Waals surface area contributed by atoms with E-state index in [1.165, 1.54) is 39.5 Å². The van der Waals surface area contributed by atoms with Gasteiger partial charge in [-0.3, -0.25) is 4.79 Å². The van der Waals surface area contributed by atoms with Crippen LogP contribution >= 0.6 is 0 Å². The normalized spacial score (nSPS) is 11.7. The van der Waals surface area contributed by atoms with Gasteiger partial charge in [-0.25, -0.2) is 4.39 Å². The molecule has 6 heteroatoms. The van der Waals surface area contributed by atoms with Crippen LogP contribution in [0.25, 0.3) is 0 Å². The van der Waals surface area contributed by atoms with Crippen molar-refractivity contribution in [1.82, 2.24) is 0 Å². The zero-order chi connectivity index (χ0) is 17.7. The van der Waals surface area contributed by atoms with Gasteiger partial charge in [0.05, 0.1) is 27.2 Å². The third-order valence-corrected chi connectivity index (χ3v) is 3.75. The highest BCUT2D eigenvalue weighted by atomic mass is 19.1. The van der Waals surface area contributed by atoms with Crippen molar-refractivity contribution in [1.29, 1.82) is 0 Å². The van der Waals surface area contributed by atoms with Crippen molar-refractivity contribution in [2.24, 2.45) is 0 Å². The van der Waals surface area contributed by atoms with E-state index < -0.39 is 17.7 Å². The molecule has 0 amide bonds. The van der Waals surface area contributed by atoms with E-state index in [0.717, 1.165) is 5.56 Å². The molecule has 0 radical (unpaired) electrons. The molecular formula is C18H19FO5. The molecule has 0 saturated heterocycles. The van der Waals surface area contributed by atoms with Crippen LogP contribution in [0.3, 0.4) is 0 Å². The standard InChI is InChI=1S/C18H19FO5/c1-22-15-7-5-12(19)10-13(15)14(18(20)21)8-11-4-6-16(23-2)17(9-11)24-3/h4-7,9-10,14H,8H2,1-3H3,(H,20,21). The summed E-state index contributed by atoms with van der Waals surface area (Å²) in [4.78, 5) is 11.7. The Kier molecular flexibility index (Phi) is 5.63. The molecule has 5 nitrogen and oxygen atoms in total. The highest BCUT2D eigenvalue weighted by molar-refractivity contribution is 5.77. The lowest BCUT2D eigenvalue weighted by Gasteiger charge is -2.17. The summed E-state index contributed by atoms with van der Waals surface area (Å²) in [6.07, 6.45) is 0.162. The maximum absolute atomic E-state index is 13.6. The summed E-state index contributed by atoms with van der Waals surface area (Å²) in [5.74, 6) is -1.13. The second kappa shape index (κ2) is 7.68. The van der Waals surface area contributed by atoms with Gasteiger partial charge in [-0.1, -0.05) is 6.07 Å². The first kappa shape index (κ1) is 17.6. The highest BCUT2D eigenvalue weighted by Crippen LogP contribution is 2.33. The number of ether oxygens (including phenoxy) is 3. The summed E-state index contributed by atoms with van der Waals surface area (Å²) in [7, 11) is 4.45. The highest BCUT2D eigenvalue weighted by Gasteiger charge is 2.25. The minimum Gasteiger partial charge on any atom is -0.496 e. The Bertz CT molecular complexity index is 729. The predicted molar refractivity (Wildman–Crippen MR) is 86.6 cm³/mol. The molecule has 0 aromatic heterocycles. The smallest absolute Gasteiger partial charge is 0.311 e. The summed E-state index contributed by atoms with van der Waals surface area (Å²) in [6, 6.07) is 9.02. The first-order valence-corrected chi connectivity index (χ1v) is 7.27. The molecule has 0 heterocycles. The fraction of sp³-hybridized carbons (Fsp3) is 0.278. The number of carbonyl (C=O) groups is 1. The number of aliphatic carboxylic acids is 1. The van der Waals surface area contributed by atoms with Crippen LogP contribution < -0.4 is 14.2 Å². The zero-order valence-electron chi connectivity index (χ0n) is 13.7. The molecule has 24 heavy (non-hydrogen) atoms. The van der Waals surface area contributed by atoms with Crippen LogP contribution in [0.2, 0.25) is 0 Å². The molecule has 1 atom stereocenters. The van der Waals surface area contributed by atoms with E-state index in [1.54, 1.807) is 18.2 Å². The Morgan fingerprint density at radius 2 is 1.62 bits per heavy atom. The zero-order valence-corrected chi connectivity index (χ0v) is 13.7. The summed E-state index contributed by atoms with van der Waals surface area (Å²) >= 11 is 0. The molecule has 0 aliphatic heterocycles. The minimum atomic E-state index is -1.06. The largest absolute Gasteiger partial charge is 0.496 e. The fourth-order valence-electron chi connectivity index (χ4n) is 2.55. The molecular weight excluding hydrogens is 315 g/mol. The second-order valence-electron chi connectivity index (χ2n) is 5.17. The topological polar surface area (TPSA) is 65.0 Å². The molecule has 0 aliphatic carbocycles. The quantitative estimate of drug-likeness (QED) is 0.842. The Balaban J connectivity index is 2.40. The number of rotatable bonds is 7. The number of methoxy groups -OCH3 is 3. The van der Waals surface area contributed by atoms with Crippen molar-refractivity contribution in [2.75, 3.05) is 21.3 Å². The monoisotopic (exact) mass is 334 g/mol. The van der Waals surface area contributed by atoms with Crippen LogP contribution in [-0.2, 0) is 11.2 Å². The van der Waals surface area contributed by atoms with Gasteiger partial charge in [-0.05, 0) is 42.3 Å². The van der Waals surface area contributed by atoms with Crippen molar-refractivity contribution >= 4 is 5.97 Å². The summed E-state index contributed by atoms with van der Waals surface area (Å²) in [5.41, 5.74) is 1.02. The third-order valence-electron chi connectivity index (χ3n) is 3.75. The fourth-order valence-corrected chi connectivity index (χ4v) is 2.55. The van der Waals surface area contributed by atoms with Crippen LogP contribution in [-0.4, -0.2) is 32.4 Å². The number of halogens is 1. The Morgan fingerprint density at radius 1 is 1.00 bits per heavy atom. The van der Waals surface area contributed by atoms with Crippen LogP contribution in [0.5, 0.6) is 17.2 Å². The molecule has 1 unspecified atom stereocenters. The predicted octanol–water partition coefficient (Wildman–Crippen LogP) is 3.26. The van der Waals surface area contributed by atoms with Crippen LogP contribution in [0.1, 0.15) is 17.0 Å². The molecule has 2 rings (SSSR count). The third kappa shape index (κ3) is 3.76. The summed E-state index contributed by atoms with van der Waals surface area (Å²) in [5, 5.41) is 9.59. The van der Waals surface area contributed by atoms with Gasteiger partial charge in [0.1, 0.15) is 11.6 Å². The van der Waals surface area contributed by atoms with Gasteiger partial charge in [0.25, 0.3) is 0 Å². The van der Waals surface area contributed by atoms with Gasteiger partial charge < -0.3 is 19.3 Å².